The molecule has 1 saturated heterocycles. The molecule has 0 spiro atoms. The molecule has 2 N–H and O–H groups in total. The van der Waals surface area contributed by atoms with E-state index in [0.29, 0.717) is 19.0 Å². The van der Waals surface area contributed by atoms with Gasteiger partial charge in [-0.05, 0) is 69.4 Å². The summed E-state index contributed by atoms with van der Waals surface area (Å²) < 4.78 is 5.97. The molecule has 1 aliphatic heterocycles. The number of nitrogens with one attached hydrogen (secondary N) is 2. The summed E-state index contributed by atoms with van der Waals surface area (Å²) in [7, 11) is 1.76. The Bertz CT molecular complexity index is 940. The van der Waals surface area contributed by atoms with Gasteiger partial charge in [-0.2, -0.15) is 0 Å². The summed E-state index contributed by atoms with van der Waals surface area (Å²) in [4.78, 5) is 19.1. The lowest BCUT2D eigenvalue weighted by molar-refractivity contribution is 0.0724. The van der Waals surface area contributed by atoms with Crippen LogP contribution in [0.25, 0.3) is 0 Å². The number of piperidine rings is 1. The molecule has 0 aliphatic carbocycles. The molecular formula is C26H37IN4O2. The highest BCUT2D eigenvalue weighted by atomic mass is 127. The molecule has 2 aromatic rings. The van der Waals surface area contributed by atoms with Crippen molar-refractivity contribution in [3.05, 3.63) is 64.7 Å². The van der Waals surface area contributed by atoms with Crippen molar-refractivity contribution in [2.24, 2.45) is 4.99 Å². The molecule has 0 saturated carbocycles. The van der Waals surface area contributed by atoms with Gasteiger partial charge in [0.1, 0.15) is 5.75 Å². The van der Waals surface area contributed by atoms with Crippen molar-refractivity contribution >= 4 is 35.8 Å². The fourth-order valence-electron chi connectivity index (χ4n) is 3.85. The van der Waals surface area contributed by atoms with Crippen molar-refractivity contribution < 1.29 is 9.53 Å². The first-order valence-corrected chi connectivity index (χ1v) is 11.5. The largest absolute Gasteiger partial charge is 0.491 e. The van der Waals surface area contributed by atoms with Crippen molar-refractivity contribution in [2.75, 3.05) is 20.1 Å². The lowest BCUT2D eigenvalue weighted by Crippen LogP contribution is -2.37. The minimum atomic E-state index is 0. The molecule has 0 radical (unpaired) electrons. The summed E-state index contributed by atoms with van der Waals surface area (Å²) in [5.74, 6) is 1.73. The Morgan fingerprint density at radius 3 is 2.48 bits per heavy atom. The average molecular weight is 565 g/mol. The van der Waals surface area contributed by atoms with Crippen molar-refractivity contribution in [3.63, 3.8) is 0 Å². The van der Waals surface area contributed by atoms with Crippen molar-refractivity contribution in [1.29, 1.82) is 0 Å². The normalized spacial score (nSPS) is 14.0. The van der Waals surface area contributed by atoms with Crippen LogP contribution in [0.2, 0.25) is 0 Å². The van der Waals surface area contributed by atoms with Gasteiger partial charge in [0.25, 0.3) is 5.91 Å². The summed E-state index contributed by atoms with van der Waals surface area (Å²) in [6, 6.07) is 14.1. The zero-order valence-electron chi connectivity index (χ0n) is 20.2. The lowest BCUT2D eigenvalue weighted by atomic mass is 10.1. The maximum Gasteiger partial charge on any atom is 0.253 e. The number of hydrogen-bond acceptors (Lipinski definition) is 3. The zero-order valence-corrected chi connectivity index (χ0v) is 22.5. The Kier molecular flexibility index (Phi) is 11.0. The van der Waals surface area contributed by atoms with Gasteiger partial charge in [0, 0.05) is 44.4 Å². The van der Waals surface area contributed by atoms with Gasteiger partial charge in [0.2, 0.25) is 0 Å². The third kappa shape index (κ3) is 8.21. The van der Waals surface area contributed by atoms with E-state index in [1.54, 1.807) is 7.05 Å². The van der Waals surface area contributed by atoms with Gasteiger partial charge in [-0.15, -0.1) is 24.0 Å². The highest BCUT2D eigenvalue weighted by Gasteiger charge is 2.18. The molecule has 2 aromatic carbocycles. The third-order valence-electron chi connectivity index (χ3n) is 5.53. The predicted octanol–water partition coefficient (Wildman–Crippen LogP) is 4.89. The van der Waals surface area contributed by atoms with Crippen molar-refractivity contribution in [1.82, 2.24) is 15.5 Å². The molecule has 0 bridgehead atoms. The van der Waals surface area contributed by atoms with Crippen LogP contribution in [0.3, 0.4) is 0 Å². The van der Waals surface area contributed by atoms with Crippen LogP contribution in [-0.2, 0) is 13.1 Å². The van der Waals surface area contributed by atoms with Crippen LogP contribution < -0.4 is 15.4 Å². The van der Waals surface area contributed by atoms with E-state index >= 15 is 0 Å². The molecule has 0 unspecified atom stereocenters. The van der Waals surface area contributed by atoms with Crippen LogP contribution >= 0.6 is 24.0 Å². The number of carbonyl (C=O) groups excluding carboxylic acids is 1. The summed E-state index contributed by atoms with van der Waals surface area (Å²) in [6.07, 6.45) is 3.53. The van der Waals surface area contributed by atoms with Gasteiger partial charge in [-0.1, -0.05) is 24.3 Å². The molecular weight excluding hydrogens is 527 g/mol. The molecule has 0 atom stereocenters. The van der Waals surface area contributed by atoms with Crippen LogP contribution in [0.15, 0.2) is 47.5 Å². The highest BCUT2D eigenvalue weighted by molar-refractivity contribution is 14.0. The minimum absolute atomic E-state index is 0. The van der Waals surface area contributed by atoms with Crippen molar-refractivity contribution in [2.45, 2.75) is 59.2 Å². The van der Waals surface area contributed by atoms with E-state index in [1.807, 2.05) is 43.0 Å². The molecule has 1 amide bonds. The first-order chi connectivity index (χ1) is 15.5. The van der Waals surface area contributed by atoms with Gasteiger partial charge in [0.15, 0.2) is 5.96 Å². The molecule has 7 heteroatoms. The Balaban J connectivity index is 0.00000385. The summed E-state index contributed by atoms with van der Waals surface area (Å²) in [5, 5.41) is 6.71. The Morgan fingerprint density at radius 1 is 1.06 bits per heavy atom. The fraction of sp³-hybridized carbons (Fsp3) is 0.462. The van der Waals surface area contributed by atoms with E-state index in [0.717, 1.165) is 48.4 Å². The van der Waals surface area contributed by atoms with Crippen LogP contribution in [0, 0.1) is 6.92 Å². The third-order valence-corrected chi connectivity index (χ3v) is 5.53. The number of aliphatic imine (C=N–C) groups is 1. The van der Waals surface area contributed by atoms with Gasteiger partial charge < -0.3 is 20.3 Å². The van der Waals surface area contributed by atoms with E-state index < -0.39 is 0 Å². The number of rotatable bonds is 7. The second-order valence-electron chi connectivity index (χ2n) is 8.61. The average Bonchev–Trinajstić information content (AvgIpc) is 2.80. The second-order valence-corrected chi connectivity index (χ2v) is 8.61. The van der Waals surface area contributed by atoms with Gasteiger partial charge in [-0.25, -0.2) is 0 Å². The van der Waals surface area contributed by atoms with E-state index in [9.17, 15) is 4.79 Å². The fourth-order valence-corrected chi connectivity index (χ4v) is 3.85. The smallest absolute Gasteiger partial charge is 0.253 e. The molecule has 1 heterocycles. The summed E-state index contributed by atoms with van der Waals surface area (Å²) in [6.45, 7) is 9.04. The molecule has 1 fully saturated rings. The Labute approximate surface area is 215 Å². The number of halogens is 1. The van der Waals surface area contributed by atoms with Crippen LogP contribution in [0.4, 0.5) is 0 Å². The predicted molar refractivity (Wildman–Crippen MR) is 146 cm³/mol. The molecule has 1 aliphatic rings. The molecule has 3 rings (SSSR count). The van der Waals surface area contributed by atoms with Crippen molar-refractivity contribution in [3.8, 4) is 5.75 Å². The molecule has 0 aromatic heterocycles. The number of aryl methyl sites for hydroxylation is 1. The van der Waals surface area contributed by atoms with E-state index in [4.69, 9.17) is 4.74 Å². The first-order valence-electron chi connectivity index (χ1n) is 11.5. The topological polar surface area (TPSA) is 66.0 Å². The number of likely N-dealkylation sites (tertiary alicyclic amines) is 1. The van der Waals surface area contributed by atoms with Gasteiger partial charge in [-0.3, -0.25) is 9.79 Å². The number of carbonyl (C=O) groups is 1. The monoisotopic (exact) mass is 564 g/mol. The van der Waals surface area contributed by atoms with E-state index in [1.165, 1.54) is 12.0 Å². The van der Waals surface area contributed by atoms with Gasteiger partial charge in [0.05, 0.1) is 6.10 Å². The summed E-state index contributed by atoms with van der Waals surface area (Å²) >= 11 is 0. The number of guanidine groups is 1. The SMILES string of the molecule is CN=C(NCc1cccc(C(=O)N2CCCCC2)c1)NCc1ccc(C)cc1OC(C)C.I. The number of ether oxygens (including phenoxy) is 1. The Morgan fingerprint density at radius 2 is 1.79 bits per heavy atom. The second kappa shape index (κ2) is 13.4. The van der Waals surface area contributed by atoms with E-state index in [2.05, 4.69) is 40.7 Å². The number of hydrogen-bond donors (Lipinski definition) is 2. The standard InChI is InChI=1S/C26H36N4O2.HI/c1-19(2)32-24-15-20(3)11-12-23(24)18-29-26(27-4)28-17-21-9-8-10-22(16-21)25(31)30-13-6-5-7-14-30;/h8-12,15-16,19H,5-7,13-14,17-18H2,1-4H3,(H2,27,28,29);1H. The number of nitrogens with zero attached hydrogens (tertiary/aromatic N) is 2. The number of amides is 1. The quantitative estimate of drug-likeness (QED) is 0.286. The number of benzene rings is 2. The maximum absolute atomic E-state index is 12.8. The molecule has 33 heavy (non-hydrogen) atoms. The maximum atomic E-state index is 12.8. The molecule has 180 valence electrons. The first kappa shape index (κ1) is 27.0. The van der Waals surface area contributed by atoms with E-state index in [-0.39, 0.29) is 36.0 Å². The zero-order chi connectivity index (χ0) is 22.9. The highest BCUT2D eigenvalue weighted by Crippen LogP contribution is 2.21. The van der Waals surface area contributed by atoms with Crippen LogP contribution in [0.5, 0.6) is 5.75 Å². The van der Waals surface area contributed by atoms with Crippen LogP contribution in [-0.4, -0.2) is 43.0 Å². The molecule has 6 nitrogen and oxygen atoms in total. The minimum Gasteiger partial charge on any atom is -0.491 e. The van der Waals surface area contributed by atoms with Gasteiger partial charge >= 0.3 is 0 Å². The Hall–Kier alpha value is -2.29. The lowest BCUT2D eigenvalue weighted by Gasteiger charge is -2.26. The summed E-state index contributed by atoms with van der Waals surface area (Å²) in [5.41, 5.74) is 4.06. The van der Waals surface area contributed by atoms with Crippen LogP contribution in [0.1, 0.15) is 60.2 Å².